The molecule has 0 aliphatic carbocycles. The van der Waals surface area contributed by atoms with Gasteiger partial charge in [-0.25, -0.2) is 4.98 Å². The summed E-state index contributed by atoms with van der Waals surface area (Å²) in [6.45, 7) is 6.66. The molecule has 0 unspecified atom stereocenters. The summed E-state index contributed by atoms with van der Waals surface area (Å²) in [5, 5.41) is 7.20. The van der Waals surface area contributed by atoms with E-state index in [4.69, 9.17) is 4.74 Å². The maximum atomic E-state index is 5.57. The Morgan fingerprint density at radius 1 is 1.29 bits per heavy atom. The fourth-order valence-electron chi connectivity index (χ4n) is 4.07. The molecule has 3 heterocycles. The van der Waals surface area contributed by atoms with Gasteiger partial charge in [0.15, 0.2) is 5.96 Å². The summed E-state index contributed by atoms with van der Waals surface area (Å²) in [6.07, 6.45) is 6.21. The number of aryl methyl sites for hydroxylation is 1. The fraction of sp³-hybridized carbons (Fsp3) is 0.714. The van der Waals surface area contributed by atoms with Crippen molar-refractivity contribution in [2.24, 2.45) is 4.99 Å². The molecule has 0 amide bonds. The molecule has 0 spiro atoms. The van der Waals surface area contributed by atoms with Crippen LogP contribution in [0, 0.1) is 6.92 Å². The summed E-state index contributed by atoms with van der Waals surface area (Å²) >= 11 is 0. The minimum atomic E-state index is 0.135. The lowest BCUT2D eigenvalue weighted by atomic mass is 9.88. The molecule has 1 aromatic heterocycles. The molecule has 7 heteroatoms. The maximum absolute atomic E-state index is 5.57. The lowest BCUT2D eigenvalue weighted by Gasteiger charge is -2.43. The molecule has 2 fully saturated rings. The molecule has 0 aromatic carbocycles. The summed E-state index contributed by atoms with van der Waals surface area (Å²) in [6, 6.07) is 4.70. The Bertz CT molecular complexity index is 631. The van der Waals surface area contributed by atoms with Crippen molar-refractivity contribution in [3.05, 3.63) is 23.9 Å². The van der Waals surface area contributed by atoms with Crippen LogP contribution in [0.25, 0.3) is 0 Å². The van der Waals surface area contributed by atoms with Crippen LogP contribution in [-0.2, 0) is 4.74 Å². The topological polar surface area (TPSA) is 65.0 Å². The van der Waals surface area contributed by atoms with E-state index in [-0.39, 0.29) is 5.54 Å². The summed E-state index contributed by atoms with van der Waals surface area (Å²) in [5.74, 6) is 1.98. The summed E-state index contributed by atoms with van der Waals surface area (Å²) < 4.78 is 5.57. The number of ether oxygens (including phenoxy) is 1. The fourth-order valence-corrected chi connectivity index (χ4v) is 4.07. The van der Waals surface area contributed by atoms with Crippen molar-refractivity contribution in [3.63, 3.8) is 0 Å². The standard InChI is InChI=1S/C21H36N6O/c1-17-5-6-19(23-15-17)27-11-7-18(8-12-27)25-20(22-2)24-16-21(26(3)4)9-13-28-14-10-21/h5-6,15,18H,7-14,16H2,1-4H3,(H2,22,24,25). The molecular weight excluding hydrogens is 352 g/mol. The molecule has 2 aliphatic rings. The first-order valence-electron chi connectivity index (χ1n) is 10.4. The number of guanidine groups is 1. The largest absolute Gasteiger partial charge is 0.381 e. The Morgan fingerprint density at radius 3 is 2.57 bits per heavy atom. The smallest absolute Gasteiger partial charge is 0.191 e. The zero-order valence-electron chi connectivity index (χ0n) is 17.9. The molecule has 0 atom stereocenters. The SMILES string of the molecule is CN=C(NCC1(N(C)C)CCOCC1)NC1CCN(c2ccc(C)cn2)CC1. The molecule has 0 saturated carbocycles. The highest BCUT2D eigenvalue weighted by Crippen LogP contribution is 2.25. The summed E-state index contributed by atoms with van der Waals surface area (Å²) in [4.78, 5) is 13.7. The average Bonchev–Trinajstić information content (AvgIpc) is 2.73. The van der Waals surface area contributed by atoms with E-state index in [1.54, 1.807) is 0 Å². The van der Waals surface area contributed by atoms with Crippen molar-refractivity contribution in [1.82, 2.24) is 20.5 Å². The normalized spacial score (nSPS) is 21.0. The molecule has 156 valence electrons. The van der Waals surface area contributed by atoms with Crippen LogP contribution in [0.4, 0.5) is 5.82 Å². The van der Waals surface area contributed by atoms with Gasteiger partial charge in [0.05, 0.1) is 0 Å². The zero-order valence-corrected chi connectivity index (χ0v) is 17.9. The van der Waals surface area contributed by atoms with Gasteiger partial charge < -0.3 is 25.2 Å². The van der Waals surface area contributed by atoms with E-state index in [1.165, 1.54) is 5.56 Å². The van der Waals surface area contributed by atoms with Gasteiger partial charge in [-0.2, -0.15) is 0 Å². The molecule has 7 nitrogen and oxygen atoms in total. The van der Waals surface area contributed by atoms with E-state index in [2.05, 4.69) is 63.6 Å². The van der Waals surface area contributed by atoms with Crippen molar-refractivity contribution < 1.29 is 4.74 Å². The molecule has 0 bridgehead atoms. The molecule has 2 N–H and O–H groups in total. The molecule has 0 radical (unpaired) electrons. The second kappa shape index (κ2) is 9.56. The Kier molecular flexibility index (Phi) is 7.13. The van der Waals surface area contributed by atoms with E-state index < -0.39 is 0 Å². The Morgan fingerprint density at radius 2 is 2.00 bits per heavy atom. The zero-order chi connectivity index (χ0) is 20.0. The lowest BCUT2D eigenvalue weighted by molar-refractivity contribution is -0.00503. The highest BCUT2D eigenvalue weighted by atomic mass is 16.5. The van der Waals surface area contributed by atoms with E-state index in [1.807, 2.05) is 13.2 Å². The van der Waals surface area contributed by atoms with E-state index in [0.29, 0.717) is 6.04 Å². The maximum Gasteiger partial charge on any atom is 0.191 e. The van der Waals surface area contributed by atoms with Crippen LogP contribution in [0.5, 0.6) is 0 Å². The van der Waals surface area contributed by atoms with Gasteiger partial charge in [-0.15, -0.1) is 0 Å². The number of piperidine rings is 1. The Labute approximate surface area is 169 Å². The minimum Gasteiger partial charge on any atom is -0.381 e. The van der Waals surface area contributed by atoms with Crippen molar-refractivity contribution in [2.45, 2.75) is 44.2 Å². The number of nitrogens with zero attached hydrogens (tertiary/aromatic N) is 4. The monoisotopic (exact) mass is 388 g/mol. The molecule has 1 aromatic rings. The van der Waals surface area contributed by atoms with Gasteiger partial charge in [0.1, 0.15) is 5.82 Å². The third-order valence-electron chi connectivity index (χ3n) is 6.24. The van der Waals surface area contributed by atoms with Crippen molar-refractivity contribution >= 4 is 11.8 Å². The van der Waals surface area contributed by atoms with Crippen LogP contribution in [0.15, 0.2) is 23.3 Å². The first kappa shape index (κ1) is 20.9. The van der Waals surface area contributed by atoms with Gasteiger partial charge in [0.2, 0.25) is 0 Å². The molecule has 28 heavy (non-hydrogen) atoms. The quantitative estimate of drug-likeness (QED) is 0.591. The van der Waals surface area contributed by atoms with Gasteiger partial charge in [-0.05, 0) is 58.3 Å². The number of anilines is 1. The predicted octanol–water partition coefficient (Wildman–Crippen LogP) is 1.63. The van der Waals surface area contributed by atoms with Gasteiger partial charge >= 0.3 is 0 Å². The average molecular weight is 389 g/mol. The Hall–Kier alpha value is -1.86. The number of likely N-dealkylation sites (N-methyl/N-ethyl adjacent to an activating group) is 1. The molecule has 2 saturated heterocycles. The van der Waals surface area contributed by atoms with Gasteiger partial charge in [-0.1, -0.05) is 6.07 Å². The predicted molar refractivity (Wildman–Crippen MR) is 115 cm³/mol. The molecular formula is C21H36N6O. The van der Waals surface area contributed by atoms with Gasteiger partial charge in [0.25, 0.3) is 0 Å². The van der Waals surface area contributed by atoms with Crippen molar-refractivity contribution in [3.8, 4) is 0 Å². The van der Waals surface area contributed by atoms with Crippen LogP contribution >= 0.6 is 0 Å². The minimum absolute atomic E-state index is 0.135. The number of pyridine rings is 1. The Balaban J connectivity index is 1.48. The van der Waals surface area contributed by atoms with Crippen LogP contribution in [0.1, 0.15) is 31.2 Å². The first-order valence-corrected chi connectivity index (χ1v) is 10.4. The van der Waals surface area contributed by atoms with Crippen LogP contribution in [0.3, 0.4) is 0 Å². The molecule has 3 rings (SSSR count). The lowest BCUT2D eigenvalue weighted by Crippen LogP contribution is -2.58. The van der Waals surface area contributed by atoms with E-state index in [0.717, 1.165) is 70.3 Å². The highest BCUT2D eigenvalue weighted by Gasteiger charge is 2.35. The van der Waals surface area contributed by atoms with Crippen LogP contribution in [0.2, 0.25) is 0 Å². The number of aromatic nitrogens is 1. The third-order valence-corrected chi connectivity index (χ3v) is 6.24. The second-order valence-electron chi connectivity index (χ2n) is 8.26. The third kappa shape index (κ3) is 5.14. The molecule has 2 aliphatic heterocycles. The van der Waals surface area contributed by atoms with Gasteiger partial charge in [-0.3, -0.25) is 4.99 Å². The summed E-state index contributed by atoms with van der Waals surface area (Å²) in [7, 11) is 6.18. The van der Waals surface area contributed by atoms with Gasteiger partial charge in [0, 0.05) is 57.7 Å². The van der Waals surface area contributed by atoms with E-state index in [9.17, 15) is 0 Å². The van der Waals surface area contributed by atoms with Crippen molar-refractivity contribution in [2.75, 3.05) is 58.9 Å². The number of rotatable bonds is 5. The number of hydrogen-bond donors (Lipinski definition) is 2. The summed E-state index contributed by atoms with van der Waals surface area (Å²) in [5.41, 5.74) is 1.34. The van der Waals surface area contributed by atoms with E-state index >= 15 is 0 Å². The number of aliphatic imine (C=N–C) groups is 1. The highest BCUT2D eigenvalue weighted by molar-refractivity contribution is 5.80. The van der Waals surface area contributed by atoms with Crippen LogP contribution in [-0.4, -0.2) is 81.4 Å². The first-order chi connectivity index (χ1) is 13.5. The second-order valence-corrected chi connectivity index (χ2v) is 8.26. The van der Waals surface area contributed by atoms with Crippen molar-refractivity contribution in [1.29, 1.82) is 0 Å². The number of hydrogen-bond acceptors (Lipinski definition) is 5. The van der Waals surface area contributed by atoms with Crippen LogP contribution < -0.4 is 15.5 Å². The number of nitrogens with one attached hydrogen (secondary N) is 2.